The molecule has 1 heterocycles. The number of aromatic nitrogens is 2. The molecule has 0 aliphatic carbocycles. The van der Waals surface area contributed by atoms with Crippen LogP contribution in [0.2, 0.25) is 0 Å². The fourth-order valence-electron chi connectivity index (χ4n) is 3.03. The second kappa shape index (κ2) is 8.49. The van der Waals surface area contributed by atoms with Crippen LogP contribution in [0.3, 0.4) is 0 Å². The van der Waals surface area contributed by atoms with Crippen molar-refractivity contribution in [1.29, 1.82) is 0 Å². The van der Waals surface area contributed by atoms with Crippen molar-refractivity contribution >= 4 is 17.7 Å². The Bertz CT molecular complexity index is 954. The molecule has 0 saturated carbocycles. The second-order valence-corrected chi connectivity index (χ2v) is 7.01. The SMILES string of the molecule is Cc1cccc(C=CC(=O)Nc2cccc(Cn3ccnc3C(C)C)c2)c1. The van der Waals surface area contributed by atoms with Crippen molar-refractivity contribution in [1.82, 2.24) is 9.55 Å². The Balaban J connectivity index is 1.66. The first kappa shape index (κ1) is 18.6. The Morgan fingerprint density at radius 1 is 1.19 bits per heavy atom. The lowest BCUT2D eigenvalue weighted by Gasteiger charge is -2.11. The predicted octanol–water partition coefficient (Wildman–Crippen LogP) is 5.02. The summed E-state index contributed by atoms with van der Waals surface area (Å²) in [5.74, 6) is 1.29. The topological polar surface area (TPSA) is 46.9 Å². The molecular weight excluding hydrogens is 334 g/mol. The zero-order chi connectivity index (χ0) is 19.2. The van der Waals surface area contributed by atoms with Gasteiger partial charge in [-0.2, -0.15) is 0 Å². The molecule has 3 rings (SSSR count). The maximum atomic E-state index is 12.2. The zero-order valence-electron chi connectivity index (χ0n) is 16.0. The normalized spacial score (nSPS) is 11.3. The third-order valence-electron chi connectivity index (χ3n) is 4.28. The Labute approximate surface area is 160 Å². The summed E-state index contributed by atoms with van der Waals surface area (Å²) in [6, 6.07) is 16.0. The van der Waals surface area contributed by atoms with Crippen LogP contribution in [-0.2, 0) is 11.3 Å². The highest BCUT2D eigenvalue weighted by atomic mass is 16.1. The van der Waals surface area contributed by atoms with Crippen LogP contribution >= 0.6 is 0 Å². The van der Waals surface area contributed by atoms with E-state index < -0.39 is 0 Å². The van der Waals surface area contributed by atoms with E-state index in [0.717, 1.165) is 29.2 Å². The molecule has 138 valence electrons. The Hall–Kier alpha value is -3.14. The molecule has 1 amide bonds. The molecule has 0 aliphatic heterocycles. The molecule has 4 heteroatoms. The minimum absolute atomic E-state index is 0.140. The molecule has 4 nitrogen and oxygen atoms in total. The fraction of sp³-hybridized carbons (Fsp3) is 0.217. The van der Waals surface area contributed by atoms with Gasteiger partial charge in [-0.3, -0.25) is 4.79 Å². The Morgan fingerprint density at radius 2 is 2.00 bits per heavy atom. The third kappa shape index (κ3) is 5.17. The predicted molar refractivity (Wildman–Crippen MR) is 111 cm³/mol. The highest BCUT2D eigenvalue weighted by molar-refractivity contribution is 6.01. The molecule has 1 aromatic heterocycles. The van der Waals surface area contributed by atoms with Crippen LogP contribution in [0.5, 0.6) is 0 Å². The fourth-order valence-corrected chi connectivity index (χ4v) is 3.03. The van der Waals surface area contributed by atoms with Gasteiger partial charge in [-0.15, -0.1) is 0 Å². The van der Waals surface area contributed by atoms with Crippen molar-refractivity contribution in [2.45, 2.75) is 33.2 Å². The van der Waals surface area contributed by atoms with E-state index in [1.165, 1.54) is 5.56 Å². The van der Waals surface area contributed by atoms with Gasteiger partial charge in [0, 0.05) is 36.6 Å². The Kier molecular flexibility index (Phi) is 5.87. The van der Waals surface area contributed by atoms with Gasteiger partial charge in [-0.25, -0.2) is 4.98 Å². The molecule has 0 fully saturated rings. The summed E-state index contributed by atoms with van der Waals surface area (Å²) in [5, 5.41) is 2.93. The lowest BCUT2D eigenvalue weighted by atomic mass is 10.1. The van der Waals surface area contributed by atoms with E-state index in [1.54, 1.807) is 6.08 Å². The van der Waals surface area contributed by atoms with E-state index in [9.17, 15) is 4.79 Å². The number of carbonyl (C=O) groups is 1. The minimum atomic E-state index is -0.140. The summed E-state index contributed by atoms with van der Waals surface area (Å²) >= 11 is 0. The van der Waals surface area contributed by atoms with Crippen molar-refractivity contribution in [2.24, 2.45) is 0 Å². The molecule has 2 aromatic carbocycles. The molecule has 0 radical (unpaired) electrons. The van der Waals surface area contributed by atoms with Crippen molar-refractivity contribution in [3.63, 3.8) is 0 Å². The van der Waals surface area contributed by atoms with Crippen LogP contribution in [0, 0.1) is 6.92 Å². The molecule has 0 bridgehead atoms. The molecule has 0 aliphatic rings. The number of nitrogens with zero attached hydrogens (tertiary/aromatic N) is 2. The van der Waals surface area contributed by atoms with Crippen LogP contribution in [0.4, 0.5) is 5.69 Å². The number of amides is 1. The van der Waals surface area contributed by atoms with Gasteiger partial charge >= 0.3 is 0 Å². The molecule has 0 spiro atoms. The quantitative estimate of drug-likeness (QED) is 0.629. The summed E-state index contributed by atoms with van der Waals surface area (Å²) < 4.78 is 2.14. The number of rotatable bonds is 6. The van der Waals surface area contributed by atoms with Crippen LogP contribution in [0.15, 0.2) is 67.0 Å². The van der Waals surface area contributed by atoms with Crippen LogP contribution in [-0.4, -0.2) is 15.5 Å². The third-order valence-corrected chi connectivity index (χ3v) is 4.28. The molecule has 0 unspecified atom stereocenters. The smallest absolute Gasteiger partial charge is 0.248 e. The number of imidazole rings is 1. The highest BCUT2D eigenvalue weighted by Crippen LogP contribution is 2.16. The number of benzene rings is 2. The van der Waals surface area contributed by atoms with E-state index in [0.29, 0.717) is 5.92 Å². The molecule has 0 atom stereocenters. The first-order valence-corrected chi connectivity index (χ1v) is 9.17. The van der Waals surface area contributed by atoms with Gasteiger partial charge in [0.05, 0.1) is 0 Å². The van der Waals surface area contributed by atoms with Crippen molar-refractivity contribution in [2.75, 3.05) is 5.32 Å². The van der Waals surface area contributed by atoms with Gasteiger partial charge in [0.15, 0.2) is 0 Å². The van der Waals surface area contributed by atoms with Gasteiger partial charge in [0.2, 0.25) is 5.91 Å². The van der Waals surface area contributed by atoms with Gasteiger partial charge in [0.25, 0.3) is 0 Å². The average molecular weight is 359 g/mol. The number of hydrogen-bond acceptors (Lipinski definition) is 2. The molecule has 27 heavy (non-hydrogen) atoms. The number of anilines is 1. The molecule has 0 saturated heterocycles. The van der Waals surface area contributed by atoms with Gasteiger partial charge < -0.3 is 9.88 Å². The maximum Gasteiger partial charge on any atom is 0.248 e. The van der Waals surface area contributed by atoms with Gasteiger partial charge in [0.1, 0.15) is 5.82 Å². The van der Waals surface area contributed by atoms with Crippen molar-refractivity contribution in [3.05, 3.63) is 89.5 Å². The van der Waals surface area contributed by atoms with E-state index in [2.05, 4.69) is 34.8 Å². The van der Waals surface area contributed by atoms with Crippen molar-refractivity contribution in [3.8, 4) is 0 Å². The summed E-state index contributed by atoms with van der Waals surface area (Å²) in [6.45, 7) is 7.04. The van der Waals surface area contributed by atoms with E-state index in [1.807, 2.05) is 67.9 Å². The molecular formula is C23H25N3O. The number of aryl methyl sites for hydroxylation is 1. The lowest BCUT2D eigenvalue weighted by Crippen LogP contribution is -2.09. The van der Waals surface area contributed by atoms with Gasteiger partial charge in [-0.05, 0) is 36.3 Å². The van der Waals surface area contributed by atoms with Crippen molar-refractivity contribution < 1.29 is 4.79 Å². The summed E-state index contributed by atoms with van der Waals surface area (Å²) in [6.07, 6.45) is 7.21. The van der Waals surface area contributed by atoms with Crippen LogP contribution in [0.1, 0.15) is 42.3 Å². The van der Waals surface area contributed by atoms with Crippen LogP contribution in [0.25, 0.3) is 6.08 Å². The largest absolute Gasteiger partial charge is 0.330 e. The second-order valence-electron chi connectivity index (χ2n) is 7.01. The van der Waals surface area contributed by atoms with Gasteiger partial charge in [-0.1, -0.05) is 55.8 Å². The molecule has 1 N–H and O–H groups in total. The molecule has 3 aromatic rings. The summed E-state index contributed by atoms with van der Waals surface area (Å²) in [4.78, 5) is 16.7. The highest BCUT2D eigenvalue weighted by Gasteiger charge is 2.08. The monoisotopic (exact) mass is 359 g/mol. The minimum Gasteiger partial charge on any atom is -0.330 e. The van der Waals surface area contributed by atoms with E-state index >= 15 is 0 Å². The van der Waals surface area contributed by atoms with E-state index in [4.69, 9.17) is 0 Å². The summed E-state index contributed by atoms with van der Waals surface area (Å²) in [5.41, 5.74) is 4.10. The lowest BCUT2D eigenvalue weighted by molar-refractivity contribution is -0.111. The van der Waals surface area contributed by atoms with Crippen LogP contribution < -0.4 is 5.32 Å². The number of carbonyl (C=O) groups excluding carboxylic acids is 1. The number of hydrogen-bond donors (Lipinski definition) is 1. The first-order valence-electron chi connectivity index (χ1n) is 9.17. The Morgan fingerprint density at radius 3 is 2.78 bits per heavy atom. The average Bonchev–Trinajstić information content (AvgIpc) is 3.09. The summed E-state index contributed by atoms with van der Waals surface area (Å²) in [7, 11) is 0. The maximum absolute atomic E-state index is 12.2. The number of nitrogens with one attached hydrogen (secondary N) is 1. The van der Waals surface area contributed by atoms with E-state index in [-0.39, 0.29) is 5.91 Å². The first-order chi connectivity index (χ1) is 13.0. The standard InChI is InChI=1S/C23H25N3O/c1-17(2)23-24-12-13-26(23)16-20-8-5-9-21(15-20)25-22(27)11-10-19-7-4-6-18(3)14-19/h4-15,17H,16H2,1-3H3,(H,25,27). The zero-order valence-corrected chi connectivity index (χ0v) is 16.0.